The number of unbranched alkanes of at least 4 members (excludes halogenated alkanes) is 6. The van der Waals surface area contributed by atoms with Gasteiger partial charge in [-0.1, -0.05) is 77.8 Å². The Hall–Kier alpha value is -1.84. The molecule has 1 atom stereocenters. The smallest absolute Gasteiger partial charge is 0.339 e. The van der Waals surface area contributed by atoms with Crippen LogP contribution in [0.1, 0.15) is 106 Å². The van der Waals surface area contributed by atoms with Gasteiger partial charge < -0.3 is 9.47 Å². The fourth-order valence-electron chi connectivity index (χ4n) is 2.96. The predicted octanol–water partition coefficient (Wildman–Crippen LogP) is 6.33. The average molecular weight is 377 g/mol. The van der Waals surface area contributed by atoms with Crippen LogP contribution >= 0.6 is 0 Å². The van der Waals surface area contributed by atoms with Crippen LogP contribution in [0, 0.1) is 0 Å². The molecule has 0 N–H and O–H groups in total. The molecule has 0 aliphatic rings. The second kappa shape index (κ2) is 14.2. The lowest BCUT2D eigenvalue weighted by molar-refractivity contribution is 0.0258. The maximum atomic E-state index is 12.5. The largest absolute Gasteiger partial charge is 0.462 e. The summed E-state index contributed by atoms with van der Waals surface area (Å²) >= 11 is 0. The van der Waals surface area contributed by atoms with E-state index < -0.39 is 11.9 Å². The minimum absolute atomic E-state index is 0.107. The van der Waals surface area contributed by atoms with Gasteiger partial charge in [0.2, 0.25) is 0 Å². The summed E-state index contributed by atoms with van der Waals surface area (Å²) in [4.78, 5) is 25.0. The van der Waals surface area contributed by atoms with E-state index in [-0.39, 0.29) is 6.10 Å². The van der Waals surface area contributed by atoms with Crippen LogP contribution in [0.15, 0.2) is 24.3 Å². The summed E-state index contributed by atoms with van der Waals surface area (Å²) in [5.41, 5.74) is 0.583. The molecule has 4 nitrogen and oxygen atoms in total. The van der Waals surface area contributed by atoms with Crippen LogP contribution in [0.4, 0.5) is 0 Å². The quantitative estimate of drug-likeness (QED) is 0.281. The molecule has 0 aliphatic carbocycles. The van der Waals surface area contributed by atoms with Gasteiger partial charge in [-0.2, -0.15) is 0 Å². The summed E-state index contributed by atoms with van der Waals surface area (Å²) in [6.07, 6.45) is 10.4. The van der Waals surface area contributed by atoms with Gasteiger partial charge in [-0.25, -0.2) is 9.59 Å². The van der Waals surface area contributed by atoms with Crippen molar-refractivity contribution in [2.24, 2.45) is 0 Å². The maximum absolute atomic E-state index is 12.5. The summed E-state index contributed by atoms with van der Waals surface area (Å²) in [5.74, 6) is -0.886. The van der Waals surface area contributed by atoms with E-state index in [1.165, 1.54) is 25.7 Å². The van der Waals surface area contributed by atoms with Crippen molar-refractivity contribution in [3.63, 3.8) is 0 Å². The number of rotatable bonds is 14. The molecule has 1 aromatic carbocycles. The monoisotopic (exact) mass is 376 g/mol. The molecule has 0 fully saturated rings. The minimum atomic E-state index is -0.447. The van der Waals surface area contributed by atoms with Gasteiger partial charge in [-0.15, -0.1) is 0 Å². The van der Waals surface area contributed by atoms with E-state index in [1.54, 1.807) is 24.3 Å². The zero-order chi connectivity index (χ0) is 19.9. The van der Waals surface area contributed by atoms with Gasteiger partial charge >= 0.3 is 11.9 Å². The highest BCUT2D eigenvalue weighted by Gasteiger charge is 2.21. The predicted molar refractivity (Wildman–Crippen MR) is 109 cm³/mol. The van der Waals surface area contributed by atoms with Crippen LogP contribution in [0.25, 0.3) is 0 Å². The van der Waals surface area contributed by atoms with Crippen LogP contribution in [0.3, 0.4) is 0 Å². The molecule has 0 saturated heterocycles. The Labute approximate surface area is 164 Å². The number of ether oxygens (including phenoxy) is 2. The number of benzene rings is 1. The topological polar surface area (TPSA) is 52.6 Å². The molecule has 4 heteroatoms. The van der Waals surface area contributed by atoms with Crippen LogP contribution in [0.2, 0.25) is 0 Å². The Balaban J connectivity index is 2.56. The van der Waals surface area contributed by atoms with Crippen LogP contribution in [-0.4, -0.2) is 24.6 Å². The zero-order valence-corrected chi connectivity index (χ0v) is 17.3. The van der Waals surface area contributed by atoms with E-state index >= 15 is 0 Å². The third-order valence-corrected chi connectivity index (χ3v) is 4.71. The summed E-state index contributed by atoms with van der Waals surface area (Å²) in [6.45, 7) is 6.71. The summed E-state index contributed by atoms with van der Waals surface area (Å²) in [7, 11) is 0. The lowest BCUT2D eigenvalue weighted by atomic mass is 10.1. The van der Waals surface area contributed by atoms with Crippen molar-refractivity contribution in [1.82, 2.24) is 0 Å². The molecule has 0 aromatic heterocycles. The SMILES string of the molecule is CCCCCCCCOC(=O)c1ccccc1C(=O)OC(CC)CCCC. The highest BCUT2D eigenvalue weighted by atomic mass is 16.5. The van der Waals surface area contributed by atoms with Crippen LogP contribution in [0.5, 0.6) is 0 Å². The van der Waals surface area contributed by atoms with Gasteiger partial charge in [0, 0.05) is 0 Å². The zero-order valence-electron chi connectivity index (χ0n) is 17.3. The number of esters is 2. The van der Waals surface area contributed by atoms with E-state index in [1.807, 2.05) is 6.92 Å². The second-order valence-corrected chi connectivity index (χ2v) is 7.03. The molecule has 0 heterocycles. The van der Waals surface area contributed by atoms with E-state index in [9.17, 15) is 9.59 Å². The Morgan fingerprint density at radius 2 is 1.41 bits per heavy atom. The standard InChI is InChI=1S/C23H36O4/c1-4-7-9-10-11-14-18-26-22(24)20-16-12-13-17-21(20)23(25)27-19(6-3)15-8-5-2/h12-13,16-17,19H,4-11,14-15,18H2,1-3H3. The Kier molecular flexibility index (Phi) is 12.2. The van der Waals surface area contributed by atoms with Crippen LogP contribution < -0.4 is 0 Å². The molecule has 0 aliphatic heterocycles. The second-order valence-electron chi connectivity index (χ2n) is 7.03. The summed E-state index contributed by atoms with van der Waals surface area (Å²) in [6, 6.07) is 6.75. The van der Waals surface area contributed by atoms with Gasteiger partial charge in [-0.3, -0.25) is 0 Å². The highest BCUT2D eigenvalue weighted by molar-refractivity contribution is 6.03. The Bertz CT molecular complexity index is 553. The highest BCUT2D eigenvalue weighted by Crippen LogP contribution is 2.16. The van der Waals surface area contributed by atoms with Gasteiger partial charge in [-0.05, 0) is 31.4 Å². The van der Waals surface area contributed by atoms with Crippen molar-refractivity contribution < 1.29 is 19.1 Å². The molecular weight excluding hydrogens is 340 g/mol. The average Bonchev–Trinajstić information content (AvgIpc) is 2.70. The summed E-state index contributed by atoms with van der Waals surface area (Å²) in [5, 5.41) is 0. The molecule has 1 rings (SSSR count). The van der Waals surface area contributed by atoms with E-state index in [0.717, 1.165) is 38.5 Å². The molecular formula is C23H36O4. The molecule has 0 saturated carbocycles. The van der Waals surface area contributed by atoms with E-state index in [2.05, 4.69) is 13.8 Å². The van der Waals surface area contributed by atoms with Gasteiger partial charge in [0.15, 0.2) is 0 Å². The molecule has 0 amide bonds. The Morgan fingerprint density at radius 1 is 0.815 bits per heavy atom. The van der Waals surface area contributed by atoms with Crippen molar-refractivity contribution in [1.29, 1.82) is 0 Å². The lowest BCUT2D eigenvalue weighted by Crippen LogP contribution is -2.20. The van der Waals surface area contributed by atoms with Crippen molar-refractivity contribution in [2.45, 2.75) is 91.1 Å². The normalized spacial score (nSPS) is 11.8. The first kappa shape index (κ1) is 23.2. The van der Waals surface area contributed by atoms with Gasteiger partial charge in [0.05, 0.1) is 17.7 Å². The molecule has 1 aromatic rings. The van der Waals surface area contributed by atoms with E-state index in [4.69, 9.17) is 9.47 Å². The molecule has 0 radical (unpaired) electrons. The van der Waals surface area contributed by atoms with E-state index in [0.29, 0.717) is 17.7 Å². The first-order valence-corrected chi connectivity index (χ1v) is 10.6. The third kappa shape index (κ3) is 9.07. The molecule has 0 spiro atoms. The van der Waals surface area contributed by atoms with Crippen molar-refractivity contribution in [3.8, 4) is 0 Å². The van der Waals surface area contributed by atoms with Gasteiger partial charge in [0.25, 0.3) is 0 Å². The first-order valence-electron chi connectivity index (χ1n) is 10.6. The van der Waals surface area contributed by atoms with Crippen molar-refractivity contribution in [3.05, 3.63) is 35.4 Å². The fraction of sp³-hybridized carbons (Fsp3) is 0.652. The summed E-state index contributed by atoms with van der Waals surface area (Å²) < 4.78 is 11.0. The maximum Gasteiger partial charge on any atom is 0.339 e. The van der Waals surface area contributed by atoms with Gasteiger partial charge in [0.1, 0.15) is 6.10 Å². The lowest BCUT2D eigenvalue weighted by Gasteiger charge is -2.17. The third-order valence-electron chi connectivity index (χ3n) is 4.71. The first-order chi connectivity index (χ1) is 13.1. The minimum Gasteiger partial charge on any atom is -0.462 e. The number of hydrogen-bond donors (Lipinski definition) is 0. The molecule has 27 heavy (non-hydrogen) atoms. The van der Waals surface area contributed by atoms with Crippen LogP contribution in [-0.2, 0) is 9.47 Å². The fourth-order valence-corrected chi connectivity index (χ4v) is 2.96. The molecule has 1 unspecified atom stereocenters. The van der Waals surface area contributed by atoms with Crippen molar-refractivity contribution in [2.75, 3.05) is 6.61 Å². The number of carbonyl (C=O) groups is 2. The molecule has 152 valence electrons. The number of carbonyl (C=O) groups excluding carboxylic acids is 2. The molecule has 0 bridgehead atoms. The Morgan fingerprint density at radius 3 is 2.04 bits per heavy atom. The van der Waals surface area contributed by atoms with Crippen molar-refractivity contribution >= 4 is 11.9 Å². The number of hydrogen-bond acceptors (Lipinski definition) is 4.